The van der Waals surface area contributed by atoms with Crippen molar-refractivity contribution in [3.8, 4) is 11.9 Å². The first kappa shape index (κ1) is 11.3. The van der Waals surface area contributed by atoms with Crippen LogP contribution in [0.2, 0.25) is 0 Å². The summed E-state index contributed by atoms with van der Waals surface area (Å²) in [6, 6.07) is 3.18. The molecule has 2 heterocycles. The van der Waals surface area contributed by atoms with Crippen molar-refractivity contribution in [3.63, 3.8) is 0 Å². The average molecular weight is 233 g/mol. The smallest absolute Gasteiger partial charge is 0.391 e. The van der Waals surface area contributed by atoms with E-state index in [2.05, 4.69) is 9.97 Å². The minimum atomic E-state index is -0.544. The fourth-order valence-corrected chi connectivity index (χ4v) is 1.62. The first-order valence-corrected chi connectivity index (χ1v) is 5.18. The zero-order valence-corrected chi connectivity index (χ0v) is 9.04. The molecular formula is C10H11N5O2. The molecular weight excluding hydrogens is 222 g/mol. The van der Waals surface area contributed by atoms with Crippen molar-refractivity contribution in [1.29, 1.82) is 5.26 Å². The van der Waals surface area contributed by atoms with Gasteiger partial charge in [-0.2, -0.15) is 10.2 Å². The maximum absolute atomic E-state index is 11.7. The fourth-order valence-electron chi connectivity index (χ4n) is 1.62. The Bertz CT molecular complexity index is 470. The van der Waals surface area contributed by atoms with E-state index in [1.54, 1.807) is 6.07 Å². The highest BCUT2D eigenvalue weighted by atomic mass is 16.6. The van der Waals surface area contributed by atoms with Crippen LogP contribution in [0.4, 0.5) is 4.79 Å². The standard InChI is InChI=1S/C10H11N5O2/c11-6-8-13-4-3-9(14-8)17-10(16)15-5-1-2-7(15)12/h3-4,7H,1-2,5,12H2. The number of ether oxygens (including phenoxy) is 1. The van der Waals surface area contributed by atoms with E-state index in [1.165, 1.54) is 17.2 Å². The molecule has 1 unspecified atom stereocenters. The second-order valence-electron chi connectivity index (χ2n) is 3.60. The first-order chi connectivity index (χ1) is 8.20. The Balaban J connectivity index is 2.05. The van der Waals surface area contributed by atoms with Crippen molar-refractivity contribution < 1.29 is 9.53 Å². The molecule has 1 fully saturated rings. The third-order valence-corrected chi connectivity index (χ3v) is 2.46. The van der Waals surface area contributed by atoms with Crippen LogP contribution >= 0.6 is 0 Å². The van der Waals surface area contributed by atoms with Gasteiger partial charge >= 0.3 is 6.09 Å². The molecule has 0 aliphatic carbocycles. The molecule has 1 aromatic heterocycles. The van der Waals surface area contributed by atoms with Crippen molar-refractivity contribution in [2.75, 3.05) is 6.54 Å². The van der Waals surface area contributed by atoms with E-state index in [0.717, 1.165) is 12.8 Å². The highest BCUT2D eigenvalue weighted by molar-refractivity contribution is 5.70. The molecule has 2 N–H and O–H groups in total. The van der Waals surface area contributed by atoms with E-state index in [0.29, 0.717) is 6.54 Å². The van der Waals surface area contributed by atoms with E-state index in [1.807, 2.05) is 0 Å². The van der Waals surface area contributed by atoms with Gasteiger partial charge in [-0.05, 0) is 12.8 Å². The molecule has 7 nitrogen and oxygen atoms in total. The minimum Gasteiger partial charge on any atom is -0.391 e. The summed E-state index contributed by atoms with van der Waals surface area (Å²) in [6.45, 7) is 0.580. The Hall–Kier alpha value is -2.20. The lowest BCUT2D eigenvalue weighted by Gasteiger charge is -2.19. The van der Waals surface area contributed by atoms with Crippen molar-refractivity contribution in [3.05, 3.63) is 18.1 Å². The number of nitriles is 1. The van der Waals surface area contributed by atoms with Crippen LogP contribution in [0.1, 0.15) is 18.7 Å². The van der Waals surface area contributed by atoms with Crippen LogP contribution in [-0.4, -0.2) is 33.7 Å². The summed E-state index contributed by atoms with van der Waals surface area (Å²) in [7, 11) is 0. The molecule has 0 bridgehead atoms. The zero-order valence-electron chi connectivity index (χ0n) is 9.04. The van der Waals surface area contributed by atoms with Gasteiger partial charge in [0.05, 0.1) is 6.17 Å². The van der Waals surface area contributed by atoms with Gasteiger partial charge in [0.15, 0.2) is 0 Å². The Morgan fingerprint density at radius 3 is 3.18 bits per heavy atom. The number of carbonyl (C=O) groups is 1. The van der Waals surface area contributed by atoms with Gasteiger partial charge < -0.3 is 10.5 Å². The predicted octanol–water partition coefficient (Wildman–Crippen LogP) is 0.228. The van der Waals surface area contributed by atoms with Crippen molar-refractivity contribution in [1.82, 2.24) is 14.9 Å². The molecule has 1 aliphatic heterocycles. The van der Waals surface area contributed by atoms with Gasteiger partial charge in [0.25, 0.3) is 0 Å². The fraction of sp³-hybridized carbons (Fsp3) is 0.400. The van der Waals surface area contributed by atoms with Gasteiger partial charge in [-0.25, -0.2) is 9.78 Å². The number of aromatic nitrogens is 2. The summed E-state index contributed by atoms with van der Waals surface area (Å²) in [5, 5.41) is 8.60. The number of amides is 1. The van der Waals surface area contributed by atoms with Crippen LogP contribution in [0, 0.1) is 11.3 Å². The molecule has 1 atom stereocenters. The van der Waals surface area contributed by atoms with Gasteiger partial charge in [-0.3, -0.25) is 4.90 Å². The monoisotopic (exact) mass is 233 g/mol. The molecule has 0 aromatic carbocycles. The average Bonchev–Trinajstić information content (AvgIpc) is 2.76. The van der Waals surface area contributed by atoms with E-state index in [4.69, 9.17) is 15.7 Å². The van der Waals surface area contributed by atoms with Gasteiger partial charge in [-0.1, -0.05) is 0 Å². The Morgan fingerprint density at radius 1 is 1.71 bits per heavy atom. The van der Waals surface area contributed by atoms with Crippen LogP contribution in [-0.2, 0) is 0 Å². The Labute approximate surface area is 97.8 Å². The summed E-state index contributed by atoms with van der Waals surface area (Å²) >= 11 is 0. The number of nitrogens with two attached hydrogens (primary N) is 1. The number of likely N-dealkylation sites (tertiary alicyclic amines) is 1. The second-order valence-corrected chi connectivity index (χ2v) is 3.60. The molecule has 1 aliphatic rings. The number of hydrogen-bond donors (Lipinski definition) is 1. The van der Waals surface area contributed by atoms with E-state index >= 15 is 0 Å². The van der Waals surface area contributed by atoms with Gasteiger partial charge in [0, 0.05) is 18.8 Å². The number of rotatable bonds is 1. The molecule has 1 saturated heterocycles. The van der Waals surface area contributed by atoms with Crippen molar-refractivity contribution in [2.45, 2.75) is 19.0 Å². The van der Waals surface area contributed by atoms with Crippen LogP contribution in [0.5, 0.6) is 5.88 Å². The zero-order chi connectivity index (χ0) is 12.3. The molecule has 0 saturated carbocycles. The van der Waals surface area contributed by atoms with Crippen molar-refractivity contribution >= 4 is 6.09 Å². The van der Waals surface area contributed by atoms with E-state index < -0.39 is 6.09 Å². The van der Waals surface area contributed by atoms with Crippen LogP contribution in [0.3, 0.4) is 0 Å². The summed E-state index contributed by atoms with van der Waals surface area (Å²) < 4.78 is 5.02. The Kier molecular flexibility index (Phi) is 3.16. The van der Waals surface area contributed by atoms with Crippen LogP contribution < -0.4 is 10.5 Å². The summed E-state index contributed by atoms with van der Waals surface area (Å²) in [6.07, 6.45) is 2.14. The first-order valence-electron chi connectivity index (χ1n) is 5.18. The largest absolute Gasteiger partial charge is 0.417 e. The normalized spacial score (nSPS) is 18.8. The third-order valence-electron chi connectivity index (χ3n) is 2.46. The van der Waals surface area contributed by atoms with Gasteiger partial charge in [0.2, 0.25) is 11.7 Å². The minimum absolute atomic E-state index is 0.0407. The lowest BCUT2D eigenvalue weighted by Crippen LogP contribution is -2.42. The lowest BCUT2D eigenvalue weighted by atomic mass is 10.3. The number of carbonyl (C=O) groups excluding carboxylic acids is 1. The highest BCUT2D eigenvalue weighted by Crippen LogP contribution is 2.15. The second kappa shape index (κ2) is 4.76. The molecule has 0 radical (unpaired) electrons. The topological polar surface area (TPSA) is 105 Å². The summed E-state index contributed by atoms with van der Waals surface area (Å²) in [5.74, 6) is 0.0154. The van der Waals surface area contributed by atoms with E-state index in [-0.39, 0.29) is 17.9 Å². The van der Waals surface area contributed by atoms with Gasteiger partial charge in [0.1, 0.15) is 6.07 Å². The van der Waals surface area contributed by atoms with Crippen LogP contribution in [0.25, 0.3) is 0 Å². The SMILES string of the molecule is N#Cc1nccc(OC(=O)N2CCCC2N)n1. The Morgan fingerprint density at radius 2 is 2.53 bits per heavy atom. The quantitative estimate of drug-likeness (QED) is 0.744. The lowest BCUT2D eigenvalue weighted by molar-refractivity contribution is 0.146. The number of hydrogen-bond acceptors (Lipinski definition) is 6. The summed E-state index contributed by atoms with van der Waals surface area (Å²) in [4.78, 5) is 20.6. The molecule has 88 valence electrons. The summed E-state index contributed by atoms with van der Waals surface area (Å²) in [5.41, 5.74) is 5.73. The highest BCUT2D eigenvalue weighted by Gasteiger charge is 2.27. The molecule has 2 rings (SSSR count). The molecule has 1 amide bonds. The van der Waals surface area contributed by atoms with Gasteiger partial charge in [-0.15, -0.1) is 0 Å². The maximum Gasteiger partial charge on any atom is 0.417 e. The van der Waals surface area contributed by atoms with Crippen LogP contribution in [0.15, 0.2) is 12.3 Å². The molecule has 7 heteroatoms. The third kappa shape index (κ3) is 2.49. The maximum atomic E-state index is 11.7. The molecule has 17 heavy (non-hydrogen) atoms. The van der Waals surface area contributed by atoms with E-state index in [9.17, 15) is 4.79 Å². The van der Waals surface area contributed by atoms with Crippen molar-refractivity contribution in [2.24, 2.45) is 5.73 Å². The molecule has 1 aromatic rings. The molecule has 0 spiro atoms. The predicted molar refractivity (Wildman–Crippen MR) is 56.7 cm³/mol. The number of nitrogens with zero attached hydrogens (tertiary/aromatic N) is 4.